The number of benzene rings is 1. The van der Waals surface area contributed by atoms with E-state index in [0.717, 1.165) is 11.3 Å². The van der Waals surface area contributed by atoms with E-state index in [0.29, 0.717) is 11.4 Å². The number of anilines is 1. The summed E-state index contributed by atoms with van der Waals surface area (Å²) in [4.78, 5) is 4.06. The zero-order valence-corrected chi connectivity index (χ0v) is 10.3. The Hall–Kier alpha value is -1.24. The first-order chi connectivity index (χ1) is 7.24. The number of methoxy groups -OCH3 is 1. The standard InChI is InChI=1S/C10H10IN3O/c1-15-10-7(3-2-4-8(10)12)9-5-13-6-14(9)11/h2-6H,12H2,1H3. The fourth-order valence-corrected chi connectivity index (χ4v) is 1.98. The van der Waals surface area contributed by atoms with Crippen molar-refractivity contribution in [1.82, 2.24) is 7.76 Å². The molecule has 2 rings (SSSR count). The van der Waals surface area contributed by atoms with E-state index < -0.39 is 0 Å². The number of hydrogen-bond acceptors (Lipinski definition) is 3. The average Bonchev–Trinajstić information content (AvgIpc) is 2.64. The molecule has 0 unspecified atom stereocenters. The molecular formula is C10H10IN3O. The van der Waals surface area contributed by atoms with Crippen molar-refractivity contribution in [1.29, 1.82) is 0 Å². The third kappa shape index (κ3) is 1.79. The molecule has 0 fully saturated rings. The molecule has 0 amide bonds. The molecule has 4 nitrogen and oxygen atoms in total. The summed E-state index contributed by atoms with van der Waals surface area (Å²) in [6, 6.07) is 5.68. The average molecular weight is 315 g/mol. The van der Waals surface area contributed by atoms with Gasteiger partial charge in [0.2, 0.25) is 0 Å². The molecule has 1 heterocycles. The Morgan fingerprint density at radius 3 is 2.87 bits per heavy atom. The Balaban J connectivity index is 2.63. The van der Waals surface area contributed by atoms with Gasteiger partial charge in [-0.05, 0) is 12.1 Å². The van der Waals surface area contributed by atoms with E-state index in [1.165, 1.54) is 0 Å². The minimum atomic E-state index is 0.632. The van der Waals surface area contributed by atoms with Gasteiger partial charge in [0.25, 0.3) is 0 Å². The minimum Gasteiger partial charge on any atom is -0.494 e. The number of hydrogen-bond donors (Lipinski definition) is 1. The smallest absolute Gasteiger partial charge is 0.151 e. The second kappa shape index (κ2) is 4.09. The second-order valence-corrected chi connectivity index (χ2v) is 4.06. The van der Waals surface area contributed by atoms with Crippen LogP contribution in [0.1, 0.15) is 0 Å². The van der Waals surface area contributed by atoms with Gasteiger partial charge in [-0.1, -0.05) is 6.07 Å². The molecule has 2 aromatic rings. The fourth-order valence-electron chi connectivity index (χ4n) is 1.45. The molecule has 78 valence electrons. The molecule has 1 aromatic heterocycles. The van der Waals surface area contributed by atoms with Gasteiger partial charge in [-0.15, -0.1) is 0 Å². The molecule has 0 aliphatic rings. The molecule has 1 aromatic carbocycles. The third-order valence-electron chi connectivity index (χ3n) is 2.12. The summed E-state index contributed by atoms with van der Waals surface area (Å²) in [5.41, 5.74) is 8.38. The number of halogens is 1. The molecule has 0 spiro atoms. The number of nitrogen functional groups attached to an aromatic ring is 1. The molecule has 0 atom stereocenters. The summed E-state index contributed by atoms with van der Waals surface area (Å²) >= 11 is 2.16. The lowest BCUT2D eigenvalue weighted by molar-refractivity contribution is 0.418. The fraction of sp³-hybridized carbons (Fsp3) is 0.100. The van der Waals surface area contributed by atoms with Crippen LogP contribution in [0.5, 0.6) is 5.75 Å². The van der Waals surface area contributed by atoms with E-state index in [2.05, 4.69) is 27.8 Å². The van der Waals surface area contributed by atoms with Crippen molar-refractivity contribution < 1.29 is 4.74 Å². The van der Waals surface area contributed by atoms with Crippen molar-refractivity contribution in [2.75, 3.05) is 12.8 Å². The maximum absolute atomic E-state index is 5.83. The Morgan fingerprint density at radius 1 is 1.47 bits per heavy atom. The van der Waals surface area contributed by atoms with E-state index in [1.807, 2.05) is 21.0 Å². The Labute approximate surface area is 102 Å². The lowest BCUT2D eigenvalue weighted by Crippen LogP contribution is -1.95. The van der Waals surface area contributed by atoms with Crippen LogP contribution in [0.25, 0.3) is 11.3 Å². The van der Waals surface area contributed by atoms with E-state index in [4.69, 9.17) is 10.5 Å². The summed E-state index contributed by atoms with van der Waals surface area (Å²) in [5.74, 6) is 0.691. The van der Waals surface area contributed by atoms with Crippen LogP contribution in [0.4, 0.5) is 5.69 Å². The summed E-state index contributed by atoms with van der Waals surface area (Å²) < 4.78 is 7.18. The van der Waals surface area contributed by atoms with Crippen LogP contribution >= 0.6 is 22.9 Å². The molecule has 0 aliphatic carbocycles. The maximum Gasteiger partial charge on any atom is 0.151 e. The van der Waals surface area contributed by atoms with Gasteiger partial charge in [0.15, 0.2) is 5.75 Å². The lowest BCUT2D eigenvalue weighted by Gasteiger charge is -2.10. The zero-order chi connectivity index (χ0) is 10.8. The topological polar surface area (TPSA) is 53.1 Å². The lowest BCUT2D eigenvalue weighted by atomic mass is 10.1. The van der Waals surface area contributed by atoms with Gasteiger partial charge >= 0.3 is 0 Å². The normalized spacial score (nSPS) is 10.3. The highest BCUT2D eigenvalue weighted by Gasteiger charge is 2.11. The van der Waals surface area contributed by atoms with Crippen LogP contribution in [-0.4, -0.2) is 14.9 Å². The van der Waals surface area contributed by atoms with Crippen LogP contribution in [0.15, 0.2) is 30.7 Å². The van der Waals surface area contributed by atoms with Crippen LogP contribution in [-0.2, 0) is 0 Å². The Kier molecular flexibility index (Phi) is 2.81. The number of imidazole rings is 1. The predicted octanol–water partition coefficient (Wildman–Crippen LogP) is 2.34. The van der Waals surface area contributed by atoms with Gasteiger partial charge in [0.05, 0.1) is 47.6 Å². The molecule has 0 saturated heterocycles. The molecule has 0 radical (unpaired) electrons. The van der Waals surface area contributed by atoms with Crippen LogP contribution in [0.2, 0.25) is 0 Å². The summed E-state index contributed by atoms with van der Waals surface area (Å²) in [6.45, 7) is 0. The molecule has 15 heavy (non-hydrogen) atoms. The molecule has 0 saturated carbocycles. The van der Waals surface area contributed by atoms with Crippen molar-refractivity contribution >= 4 is 28.6 Å². The molecule has 0 aliphatic heterocycles. The third-order valence-corrected chi connectivity index (χ3v) is 2.89. The maximum atomic E-state index is 5.83. The van der Waals surface area contributed by atoms with Crippen molar-refractivity contribution in [2.45, 2.75) is 0 Å². The van der Waals surface area contributed by atoms with E-state index in [9.17, 15) is 0 Å². The first-order valence-corrected chi connectivity index (χ1v) is 5.32. The highest BCUT2D eigenvalue weighted by Crippen LogP contribution is 2.34. The van der Waals surface area contributed by atoms with Crippen LogP contribution < -0.4 is 10.5 Å². The van der Waals surface area contributed by atoms with E-state index in [1.54, 1.807) is 19.6 Å². The van der Waals surface area contributed by atoms with Crippen molar-refractivity contribution in [2.24, 2.45) is 0 Å². The van der Waals surface area contributed by atoms with Crippen LogP contribution in [0.3, 0.4) is 0 Å². The van der Waals surface area contributed by atoms with Gasteiger partial charge in [-0.25, -0.2) is 4.98 Å². The first-order valence-electron chi connectivity index (χ1n) is 4.35. The van der Waals surface area contributed by atoms with Gasteiger partial charge in [0, 0.05) is 5.56 Å². The number of ether oxygens (including phenoxy) is 1. The molecular weight excluding hydrogens is 305 g/mol. The van der Waals surface area contributed by atoms with Crippen molar-refractivity contribution in [3.05, 3.63) is 30.7 Å². The van der Waals surface area contributed by atoms with Crippen LogP contribution in [0, 0.1) is 0 Å². The van der Waals surface area contributed by atoms with Gasteiger partial charge in [-0.2, -0.15) is 0 Å². The largest absolute Gasteiger partial charge is 0.494 e. The Bertz CT molecular complexity index is 481. The number of aromatic nitrogens is 2. The van der Waals surface area contributed by atoms with E-state index >= 15 is 0 Å². The number of para-hydroxylation sites is 1. The summed E-state index contributed by atoms with van der Waals surface area (Å²) in [7, 11) is 1.61. The monoisotopic (exact) mass is 315 g/mol. The number of nitrogens with two attached hydrogens (primary N) is 1. The predicted molar refractivity (Wildman–Crippen MR) is 68.0 cm³/mol. The minimum absolute atomic E-state index is 0.632. The van der Waals surface area contributed by atoms with Gasteiger partial charge < -0.3 is 10.5 Å². The number of rotatable bonds is 2. The quantitative estimate of drug-likeness (QED) is 0.684. The van der Waals surface area contributed by atoms with Gasteiger partial charge in [-0.3, -0.25) is 2.78 Å². The second-order valence-electron chi connectivity index (χ2n) is 3.02. The van der Waals surface area contributed by atoms with Crippen molar-refractivity contribution in [3.8, 4) is 17.0 Å². The Morgan fingerprint density at radius 2 is 2.27 bits per heavy atom. The van der Waals surface area contributed by atoms with E-state index in [-0.39, 0.29) is 0 Å². The first kappa shape index (κ1) is 10.3. The van der Waals surface area contributed by atoms with Gasteiger partial charge in [0.1, 0.15) is 6.33 Å². The summed E-state index contributed by atoms with van der Waals surface area (Å²) in [5, 5.41) is 0. The SMILES string of the molecule is COc1c(N)cccc1-c1cncn1I. The highest BCUT2D eigenvalue weighted by atomic mass is 127. The number of nitrogens with zero attached hydrogens (tertiary/aromatic N) is 2. The van der Waals surface area contributed by atoms with Crippen molar-refractivity contribution in [3.63, 3.8) is 0 Å². The zero-order valence-electron chi connectivity index (χ0n) is 8.14. The highest BCUT2D eigenvalue weighted by molar-refractivity contribution is 14.1. The molecule has 0 bridgehead atoms. The molecule has 5 heteroatoms. The summed E-state index contributed by atoms with van der Waals surface area (Å²) in [6.07, 6.45) is 3.52. The molecule has 2 N–H and O–H groups in total.